The second-order valence-electron chi connectivity index (χ2n) is 36.7. The van der Waals surface area contributed by atoms with Gasteiger partial charge in [0.1, 0.15) is 125 Å². The second kappa shape index (κ2) is 36.1. The lowest BCUT2D eigenvalue weighted by Gasteiger charge is -2.31. The zero-order chi connectivity index (χ0) is 95.4. The van der Waals surface area contributed by atoms with Gasteiger partial charge in [-0.3, -0.25) is 19.2 Å². The van der Waals surface area contributed by atoms with E-state index in [1.807, 2.05) is 72.4 Å². The van der Waals surface area contributed by atoms with Crippen LogP contribution in [0.15, 0.2) is 118 Å². The molecular formula is C94H97F4N23O16. The molecule has 16 heterocycles. The van der Waals surface area contributed by atoms with Crippen LogP contribution in [0.2, 0.25) is 0 Å². The summed E-state index contributed by atoms with van der Waals surface area (Å²) in [5, 5.41) is 61.4. The third-order valence-corrected chi connectivity index (χ3v) is 26.5. The highest BCUT2D eigenvalue weighted by Gasteiger charge is 2.41. The van der Waals surface area contributed by atoms with Gasteiger partial charge in [0.05, 0.1) is 67.8 Å². The largest absolute Gasteiger partial charge is 0.487 e. The van der Waals surface area contributed by atoms with Crippen LogP contribution >= 0.6 is 0 Å². The summed E-state index contributed by atoms with van der Waals surface area (Å²) in [7, 11) is 0. The van der Waals surface area contributed by atoms with Crippen molar-refractivity contribution in [1.29, 1.82) is 0 Å². The van der Waals surface area contributed by atoms with E-state index in [1.165, 1.54) is 43.8 Å². The van der Waals surface area contributed by atoms with Crippen LogP contribution in [-0.2, 0) is 0 Å². The Hall–Kier alpha value is -15.4. The molecule has 39 nitrogen and oxygen atoms in total. The topological polar surface area (TPSA) is 474 Å². The fourth-order valence-corrected chi connectivity index (χ4v) is 19.0. The Labute approximate surface area is 776 Å². The fourth-order valence-electron chi connectivity index (χ4n) is 19.0. The molecule has 7 fully saturated rings. The molecule has 0 bridgehead atoms. The summed E-state index contributed by atoms with van der Waals surface area (Å²) in [5.41, 5.74) is -0.666. The minimum atomic E-state index is -1.34. The Morgan fingerprint density at radius 1 is 0.336 bits per heavy atom. The van der Waals surface area contributed by atoms with Crippen molar-refractivity contribution in [1.82, 2.24) is 58.1 Å². The Kier molecular flexibility index (Phi) is 23.6. The summed E-state index contributed by atoms with van der Waals surface area (Å²) in [5.74, 6) is -1.64. The van der Waals surface area contributed by atoms with Crippen LogP contribution in [0.1, 0.15) is 163 Å². The minimum Gasteiger partial charge on any atom is -0.487 e. The number of aromatic nitrogens is 12. The molecule has 11 aliphatic rings. The van der Waals surface area contributed by atoms with E-state index >= 15 is 17.6 Å². The van der Waals surface area contributed by atoms with Crippen molar-refractivity contribution in [3.05, 3.63) is 191 Å². The van der Waals surface area contributed by atoms with Gasteiger partial charge >= 0.3 is 23.9 Å². The van der Waals surface area contributed by atoms with Crippen molar-refractivity contribution in [2.45, 2.75) is 165 Å². The normalized spacial score (nSPS) is 20.8. The molecular weight excluding hydrogens is 1780 g/mol. The highest BCUT2D eigenvalue weighted by atomic mass is 19.1. The fraction of sp³-hybridized carbons (Fsp3) is 0.404. The molecule has 23 rings (SSSR count). The monoisotopic (exact) mass is 1880 g/mol. The summed E-state index contributed by atoms with van der Waals surface area (Å²) < 4.78 is 92.1. The smallest absolute Gasteiger partial charge is 0.341 e. The molecule has 3 aliphatic carbocycles. The number of pyridine rings is 4. The molecule has 4 saturated heterocycles. The van der Waals surface area contributed by atoms with E-state index in [1.54, 1.807) is 30.7 Å². The van der Waals surface area contributed by atoms with Crippen LogP contribution in [0, 0.1) is 30.2 Å². The number of hydrogen-bond acceptors (Lipinski definition) is 31. The van der Waals surface area contributed by atoms with E-state index in [-0.39, 0.29) is 147 Å². The lowest BCUT2D eigenvalue weighted by atomic mass is 10.1. The quantitative estimate of drug-likeness (QED) is 0.0281. The Balaban J connectivity index is 0.000000113. The Bertz CT molecular complexity index is 6680. The molecule has 712 valence electrons. The van der Waals surface area contributed by atoms with Crippen molar-refractivity contribution >= 4 is 131 Å². The number of nitrogens with one attached hydrogen (secondary N) is 7. The molecule has 8 aliphatic heterocycles. The summed E-state index contributed by atoms with van der Waals surface area (Å²) in [4.78, 5) is 140. The lowest BCUT2D eigenvalue weighted by molar-refractivity contribution is 0.0683. The van der Waals surface area contributed by atoms with Gasteiger partial charge < -0.3 is 114 Å². The second-order valence-corrected chi connectivity index (χ2v) is 36.7. The zero-order valence-electron chi connectivity index (χ0n) is 75.0. The van der Waals surface area contributed by atoms with E-state index < -0.39 is 68.9 Å². The van der Waals surface area contributed by atoms with E-state index in [0.29, 0.717) is 126 Å². The van der Waals surface area contributed by atoms with Gasteiger partial charge in [0.25, 0.3) is 0 Å². The maximum Gasteiger partial charge on any atom is 0.341 e. The molecule has 11 N–H and O–H groups in total. The molecule has 137 heavy (non-hydrogen) atoms. The van der Waals surface area contributed by atoms with Crippen LogP contribution in [0.5, 0.6) is 23.0 Å². The number of nitrogens with zero attached hydrogens (tertiary/aromatic N) is 16. The van der Waals surface area contributed by atoms with Gasteiger partial charge in [-0.05, 0) is 129 Å². The minimum absolute atomic E-state index is 0.00407. The maximum atomic E-state index is 15.5. The number of aryl methyl sites for hydroxylation is 1. The van der Waals surface area contributed by atoms with Crippen LogP contribution in [0.3, 0.4) is 0 Å². The summed E-state index contributed by atoms with van der Waals surface area (Å²) in [6, 6.07) is 10.8. The summed E-state index contributed by atoms with van der Waals surface area (Å²) in [6.07, 6.45) is 23.3. The Morgan fingerprint density at radius 3 is 0.883 bits per heavy atom. The maximum absolute atomic E-state index is 15.5. The third-order valence-electron chi connectivity index (χ3n) is 26.5. The lowest BCUT2D eigenvalue weighted by Crippen LogP contribution is -2.30. The molecule has 4 aromatic carbocycles. The van der Waals surface area contributed by atoms with E-state index in [2.05, 4.69) is 77.1 Å². The average Bonchev–Trinajstić information content (AvgIpc) is 1.54. The van der Waals surface area contributed by atoms with Crippen molar-refractivity contribution in [3.8, 4) is 23.0 Å². The third kappa shape index (κ3) is 17.7. The first-order valence-electron chi connectivity index (χ1n) is 45.7. The molecule has 1 unspecified atom stereocenters. The number of carboxylic acids is 4. The predicted molar refractivity (Wildman–Crippen MR) is 501 cm³/mol. The first-order valence-corrected chi connectivity index (χ1v) is 45.7. The molecule has 8 atom stereocenters. The number of hydrogen-bond donors (Lipinski definition) is 11. The van der Waals surface area contributed by atoms with Gasteiger partial charge in [0, 0.05) is 150 Å². The molecule has 3 saturated carbocycles. The molecule has 12 aromatic rings. The SMILES string of the molecule is C[C@H]1COc2c(N3CCC(Nc4cc(NC5CC5)ncn4)C3)c(F)cc3c(=O)c(C(=O)O)cn1c23.C[C@H]1COc2c(N3CC[C@@H](Nc4cc(NC5CC5)ncn4)C3)c(F)cc3c(=O)c(C(=O)O)cn1c23.C[C@H]1COc2c(N3CC[C@H](Nc4cc(NC5CC5)ncn4)C3)c(F)cc3c(=O)c(C(=O)O)cn1c23.Cc1cnc(N2CC[C@H](Nc3c(F)cc4c(=O)c(C(=O)O)cn5c4c3OC[C@@H]5C)C2)nc1. The van der Waals surface area contributed by atoms with Gasteiger partial charge in [-0.2, -0.15) is 0 Å². The number of halogens is 4. The number of rotatable bonds is 22. The molecule has 8 aromatic heterocycles. The van der Waals surface area contributed by atoms with Crippen LogP contribution < -0.4 is 97.5 Å². The van der Waals surface area contributed by atoms with Crippen molar-refractivity contribution in [2.75, 3.05) is 136 Å². The average molecular weight is 1880 g/mol. The van der Waals surface area contributed by atoms with Crippen LogP contribution in [0.4, 0.5) is 81.2 Å². The number of aromatic carboxylic acids is 4. The van der Waals surface area contributed by atoms with Crippen molar-refractivity contribution in [3.63, 3.8) is 0 Å². The number of carboxylic acid groups (broad SMARTS) is 4. The number of carbonyl (C=O) groups is 4. The standard InChI is InChI=1S/3C24H25FN6O4.C22H22FN5O4/c3*1-12-10-35-23-20-15(22(32)16(24(33)34)9-31(12)20)6-17(25)21(23)30-5-4-14(8-30)29-19-7-18(26-11-27-19)28-13-2-3-13;1-11-6-24-22(25-7-11)27-4-3-13(8-27)26-17-16(23)5-14-18-20(17)32-10-12(2)28(18)9-15(19(14)29)21(30)31/h3*6-7,9,11-14H,2-5,8,10H2,1H3,(H,33,34)(H2,26,27,28,29);5-7,9,12-13,26H,3-4,8,10H2,1-2H3,(H,30,31)/t12-,14?;12-,14+;12-,14-;12-,13-/m0000/s1. The van der Waals surface area contributed by atoms with Gasteiger partial charge in [0.2, 0.25) is 27.7 Å². The Morgan fingerprint density at radius 2 is 0.591 bits per heavy atom. The number of anilines is 11. The van der Waals surface area contributed by atoms with Gasteiger partial charge in [-0.25, -0.2) is 76.6 Å². The summed E-state index contributed by atoms with van der Waals surface area (Å²) in [6.45, 7) is 14.9. The molecule has 0 amide bonds. The molecule has 0 radical (unpaired) electrons. The highest BCUT2D eigenvalue weighted by molar-refractivity contribution is 6.01. The van der Waals surface area contributed by atoms with E-state index in [9.17, 15) is 58.8 Å². The highest BCUT2D eigenvalue weighted by Crippen LogP contribution is 2.49. The van der Waals surface area contributed by atoms with E-state index in [4.69, 9.17) is 18.9 Å². The van der Waals surface area contributed by atoms with Gasteiger partial charge in [-0.15, -0.1) is 0 Å². The summed E-state index contributed by atoms with van der Waals surface area (Å²) >= 11 is 0. The first kappa shape index (κ1) is 89.5. The van der Waals surface area contributed by atoms with E-state index in [0.717, 1.165) is 118 Å². The molecule has 43 heteroatoms. The molecule has 0 spiro atoms. The van der Waals surface area contributed by atoms with Crippen molar-refractivity contribution in [2.24, 2.45) is 0 Å². The number of benzene rings is 4. The predicted octanol–water partition coefficient (Wildman–Crippen LogP) is 11.1. The van der Waals surface area contributed by atoms with Gasteiger partial charge in [-0.1, -0.05) is 0 Å². The van der Waals surface area contributed by atoms with Gasteiger partial charge in [0.15, 0.2) is 46.3 Å². The number of ether oxygens (including phenoxy) is 4. The van der Waals surface area contributed by atoms with Crippen molar-refractivity contribution < 1.29 is 76.1 Å². The van der Waals surface area contributed by atoms with Crippen LogP contribution in [0.25, 0.3) is 43.6 Å². The first-order chi connectivity index (χ1) is 66.0. The van der Waals surface area contributed by atoms with Crippen LogP contribution in [-0.4, -0.2) is 224 Å². The zero-order valence-corrected chi connectivity index (χ0v) is 75.0.